The van der Waals surface area contributed by atoms with Crippen molar-refractivity contribution < 1.29 is 4.79 Å². The van der Waals surface area contributed by atoms with Gasteiger partial charge in [-0.25, -0.2) is 0 Å². The summed E-state index contributed by atoms with van der Waals surface area (Å²) in [6.07, 6.45) is 5.00. The monoisotopic (exact) mass is 333 g/mol. The van der Waals surface area contributed by atoms with E-state index in [1.165, 1.54) is 0 Å². The number of rotatable bonds is 5. The third kappa shape index (κ3) is 7.81. The Morgan fingerprint density at radius 3 is 2.70 bits per heavy atom. The largest absolute Gasteiger partial charge is 0.352 e. The van der Waals surface area contributed by atoms with Crippen LogP contribution in [-0.2, 0) is 4.79 Å². The molecule has 20 heavy (non-hydrogen) atoms. The smallest absolute Gasteiger partial charge is 0.243 e. The molecule has 2 nitrogen and oxygen atoms in total. The molecule has 0 fully saturated rings. The Kier molecular flexibility index (Phi) is 7.75. The van der Waals surface area contributed by atoms with Crippen LogP contribution in [0.5, 0.6) is 0 Å². The SMILES string of the molecule is CC(C)CNC(=O)C=CCCC#Cc1ccc(Br)cc1. The molecule has 0 spiro atoms. The van der Waals surface area contributed by atoms with Crippen LogP contribution in [0.2, 0.25) is 0 Å². The second-order valence-corrected chi connectivity index (χ2v) is 5.80. The maximum atomic E-state index is 11.4. The highest BCUT2D eigenvalue weighted by Gasteiger charge is 1.96. The van der Waals surface area contributed by atoms with Gasteiger partial charge in [0.05, 0.1) is 0 Å². The highest BCUT2D eigenvalue weighted by molar-refractivity contribution is 9.10. The first kappa shape index (κ1) is 16.5. The van der Waals surface area contributed by atoms with E-state index in [4.69, 9.17) is 0 Å². The van der Waals surface area contributed by atoms with Crippen molar-refractivity contribution >= 4 is 21.8 Å². The molecule has 1 amide bonds. The Labute approximate surface area is 129 Å². The molecule has 0 bridgehead atoms. The van der Waals surface area contributed by atoms with E-state index in [2.05, 4.69) is 46.9 Å². The summed E-state index contributed by atoms with van der Waals surface area (Å²) in [4.78, 5) is 11.4. The van der Waals surface area contributed by atoms with E-state index in [0.29, 0.717) is 12.5 Å². The molecule has 0 aliphatic heterocycles. The fourth-order valence-corrected chi connectivity index (χ4v) is 1.67. The zero-order valence-electron chi connectivity index (χ0n) is 11.9. The van der Waals surface area contributed by atoms with Gasteiger partial charge in [-0.2, -0.15) is 0 Å². The van der Waals surface area contributed by atoms with Gasteiger partial charge in [0.1, 0.15) is 0 Å². The lowest BCUT2D eigenvalue weighted by Crippen LogP contribution is -2.25. The first-order chi connectivity index (χ1) is 9.58. The lowest BCUT2D eigenvalue weighted by Gasteiger charge is -2.03. The predicted octanol–water partition coefficient (Wildman–Crippen LogP) is 3.91. The van der Waals surface area contributed by atoms with Crippen LogP contribution in [-0.4, -0.2) is 12.5 Å². The van der Waals surface area contributed by atoms with E-state index >= 15 is 0 Å². The Bertz CT molecular complexity index is 506. The second-order valence-electron chi connectivity index (χ2n) is 4.89. The quantitative estimate of drug-likeness (QED) is 0.494. The molecule has 0 aromatic heterocycles. The van der Waals surface area contributed by atoms with Crippen LogP contribution in [0.4, 0.5) is 0 Å². The number of carbonyl (C=O) groups is 1. The van der Waals surface area contributed by atoms with Crippen molar-refractivity contribution in [1.82, 2.24) is 5.32 Å². The van der Waals surface area contributed by atoms with E-state index in [0.717, 1.165) is 22.9 Å². The number of allylic oxidation sites excluding steroid dienone is 1. The number of benzene rings is 1. The molecule has 0 unspecified atom stereocenters. The van der Waals surface area contributed by atoms with Gasteiger partial charge in [0.25, 0.3) is 0 Å². The molecule has 1 aromatic rings. The van der Waals surface area contributed by atoms with Crippen molar-refractivity contribution in [1.29, 1.82) is 0 Å². The second kappa shape index (κ2) is 9.39. The van der Waals surface area contributed by atoms with Crippen LogP contribution in [0.1, 0.15) is 32.3 Å². The van der Waals surface area contributed by atoms with Gasteiger partial charge >= 0.3 is 0 Å². The number of hydrogen-bond donors (Lipinski definition) is 1. The van der Waals surface area contributed by atoms with Crippen LogP contribution >= 0.6 is 15.9 Å². The van der Waals surface area contributed by atoms with Gasteiger partial charge in [0.15, 0.2) is 0 Å². The summed E-state index contributed by atoms with van der Waals surface area (Å²) >= 11 is 3.39. The van der Waals surface area contributed by atoms with Gasteiger partial charge in [-0.3, -0.25) is 4.79 Å². The van der Waals surface area contributed by atoms with Crippen molar-refractivity contribution in [2.24, 2.45) is 5.92 Å². The number of halogens is 1. The summed E-state index contributed by atoms with van der Waals surface area (Å²) in [5.41, 5.74) is 1.01. The number of unbranched alkanes of at least 4 members (excludes halogenated alkanes) is 1. The van der Waals surface area contributed by atoms with Gasteiger partial charge in [0, 0.05) is 23.0 Å². The molecule has 0 saturated carbocycles. The molecule has 0 saturated heterocycles. The maximum absolute atomic E-state index is 11.4. The minimum absolute atomic E-state index is 0.0282. The molecule has 1 rings (SSSR count). The van der Waals surface area contributed by atoms with Crippen LogP contribution < -0.4 is 5.32 Å². The molecule has 0 aliphatic rings. The van der Waals surface area contributed by atoms with Crippen molar-refractivity contribution in [3.05, 3.63) is 46.5 Å². The summed E-state index contributed by atoms with van der Waals surface area (Å²) in [6, 6.07) is 7.91. The van der Waals surface area contributed by atoms with Crippen LogP contribution in [0.15, 0.2) is 40.9 Å². The molecule has 3 heteroatoms. The standard InChI is InChI=1S/C17H20BrNO/c1-14(2)13-19-17(20)8-6-4-3-5-7-15-9-11-16(18)12-10-15/h6,8-12,14H,3-4,13H2,1-2H3,(H,19,20). The fourth-order valence-electron chi connectivity index (χ4n) is 1.41. The van der Waals surface area contributed by atoms with Crippen LogP contribution in [0, 0.1) is 17.8 Å². The Morgan fingerprint density at radius 2 is 2.05 bits per heavy atom. The topological polar surface area (TPSA) is 29.1 Å². The number of carbonyl (C=O) groups excluding carboxylic acids is 1. The lowest BCUT2D eigenvalue weighted by atomic mass is 10.2. The summed E-state index contributed by atoms with van der Waals surface area (Å²) < 4.78 is 1.05. The fraction of sp³-hybridized carbons (Fsp3) is 0.353. The van der Waals surface area contributed by atoms with E-state index in [-0.39, 0.29) is 5.91 Å². The first-order valence-corrected chi connectivity index (χ1v) is 7.56. The zero-order chi connectivity index (χ0) is 14.8. The van der Waals surface area contributed by atoms with Gasteiger partial charge in [-0.05, 0) is 42.7 Å². The van der Waals surface area contributed by atoms with E-state index in [1.807, 2.05) is 30.3 Å². The van der Waals surface area contributed by atoms with Crippen LogP contribution in [0.25, 0.3) is 0 Å². The molecular formula is C17H20BrNO. The number of nitrogens with one attached hydrogen (secondary N) is 1. The molecule has 0 heterocycles. The average Bonchev–Trinajstić information content (AvgIpc) is 2.42. The lowest BCUT2D eigenvalue weighted by molar-refractivity contribution is -0.116. The molecule has 106 valence electrons. The van der Waals surface area contributed by atoms with Crippen molar-refractivity contribution in [2.45, 2.75) is 26.7 Å². The summed E-state index contributed by atoms with van der Waals surface area (Å²) in [7, 11) is 0. The average molecular weight is 334 g/mol. The van der Waals surface area contributed by atoms with Gasteiger partial charge in [-0.15, -0.1) is 0 Å². The number of hydrogen-bond acceptors (Lipinski definition) is 1. The zero-order valence-corrected chi connectivity index (χ0v) is 13.5. The predicted molar refractivity (Wildman–Crippen MR) is 87.2 cm³/mol. The van der Waals surface area contributed by atoms with E-state index in [9.17, 15) is 4.79 Å². The van der Waals surface area contributed by atoms with Gasteiger partial charge in [-0.1, -0.05) is 47.7 Å². The van der Waals surface area contributed by atoms with E-state index < -0.39 is 0 Å². The van der Waals surface area contributed by atoms with Gasteiger partial charge in [0.2, 0.25) is 5.91 Å². The first-order valence-electron chi connectivity index (χ1n) is 6.76. The summed E-state index contributed by atoms with van der Waals surface area (Å²) in [6.45, 7) is 4.86. The summed E-state index contributed by atoms with van der Waals surface area (Å²) in [5.74, 6) is 6.64. The summed E-state index contributed by atoms with van der Waals surface area (Å²) in [5, 5.41) is 2.84. The normalized spacial score (nSPS) is 10.4. The molecular weight excluding hydrogens is 314 g/mol. The van der Waals surface area contributed by atoms with Gasteiger partial charge < -0.3 is 5.32 Å². The molecule has 0 atom stereocenters. The molecule has 1 N–H and O–H groups in total. The highest BCUT2D eigenvalue weighted by atomic mass is 79.9. The van der Waals surface area contributed by atoms with Crippen molar-refractivity contribution in [3.63, 3.8) is 0 Å². The molecule has 0 radical (unpaired) electrons. The van der Waals surface area contributed by atoms with Crippen LogP contribution in [0.3, 0.4) is 0 Å². The Morgan fingerprint density at radius 1 is 1.35 bits per heavy atom. The highest BCUT2D eigenvalue weighted by Crippen LogP contribution is 2.09. The Balaban J connectivity index is 2.25. The third-order valence-electron chi connectivity index (χ3n) is 2.47. The minimum atomic E-state index is -0.0282. The molecule has 0 aliphatic carbocycles. The molecule has 1 aromatic carbocycles. The van der Waals surface area contributed by atoms with E-state index in [1.54, 1.807) is 6.08 Å². The third-order valence-corrected chi connectivity index (χ3v) is 3.00. The van der Waals surface area contributed by atoms with Crippen molar-refractivity contribution in [2.75, 3.05) is 6.54 Å². The van der Waals surface area contributed by atoms with Crippen molar-refractivity contribution in [3.8, 4) is 11.8 Å². The minimum Gasteiger partial charge on any atom is -0.352 e. The Hall–Kier alpha value is -1.53. The number of amides is 1. The maximum Gasteiger partial charge on any atom is 0.243 e.